The van der Waals surface area contributed by atoms with E-state index >= 15 is 0 Å². The molecule has 1 aromatic heterocycles. The van der Waals surface area contributed by atoms with Gasteiger partial charge in [0.05, 0.1) is 18.8 Å². The smallest absolute Gasteiger partial charge is 0.267 e. The fourth-order valence-electron chi connectivity index (χ4n) is 2.46. The number of hydrogen-bond donors (Lipinski definition) is 0. The Morgan fingerprint density at radius 1 is 1.45 bits per heavy atom. The zero-order valence-electron chi connectivity index (χ0n) is 12.2. The van der Waals surface area contributed by atoms with E-state index in [1.807, 2.05) is 6.92 Å². The van der Waals surface area contributed by atoms with E-state index in [0.717, 1.165) is 22.8 Å². The van der Waals surface area contributed by atoms with Gasteiger partial charge in [0.1, 0.15) is 16.8 Å². The number of nitrogens with zero attached hydrogens (tertiary/aromatic N) is 3. The van der Waals surface area contributed by atoms with Gasteiger partial charge in [-0.2, -0.15) is 0 Å². The van der Waals surface area contributed by atoms with Gasteiger partial charge in [-0.15, -0.1) is 5.10 Å². The van der Waals surface area contributed by atoms with E-state index in [-0.39, 0.29) is 17.8 Å². The predicted molar refractivity (Wildman–Crippen MR) is 80.3 cm³/mol. The predicted octanol–water partition coefficient (Wildman–Crippen LogP) is 2.45. The molecule has 116 valence electrons. The normalized spacial score (nSPS) is 18.5. The van der Waals surface area contributed by atoms with Crippen LogP contribution in [0.2, 0.25) is 0 Å². The first kappa shape index (κ1) is 15.1. The number of rotatable bonds is 3. The van der Waals surface area contributed by atoms with E-state index in [2.05, 4.69) is 9.59 Å². The summed E-state index contributed by atoms with van der Waals surface area (Å²) in [5.41, 5.74) is 1.61. The number of amides is 1. The molecule has 7 heteroatoms. The molecule has 1 aliphatic rings. The number of carbonyl (C=O) groups is 1. The minimum Gasteiger partial charge on any atom is -0.370 e. The molecule has 2 heterocycles. The van der Waals surface area contributed by atoms with Crippen molar-refractivity contribution in [2.45, 2.75) is 19.4 Å². The first-order valence-corrected chi connectivity index (χ1v) is 7.94. The summed E-state index contributed by atoms with van der Waals surface area (Å²) < 4.78 is 22.6. The van der Waals surface area contributed by atoms with Crippen LogP contribution in [0.4, 0.5) is 4.39 Å². The summed E-state index contributed by atoms with van der Waals surface area (Å²) in [7, 11) is 0. The molecule has 0 saturated carbocycles. The Labute approximate surface area is 131 Å². The first-order valence-electron chi connectivity index (χ1n) is 7.16. The molecule has 1 aromatic carbocycles. The van der Waals surface area contributed by atoms with Gasteiger partial charge in [-0.1, -0.05) is 23.5 Å². The van der Waals surface area contributed by atoms with E-state index in [9.17, 15) is 9.18 Å². The third-order valence-electron chi connectivity index (χ3n) is 3.68. The van der Waals surface area contributed by atoms with Gasteiger partial charge in [-0.3, -0.25) is 4.79 Å². The van der Waals surface area contributed by atoms with E-state index in [1.54, 1.807) is 17.0 Å². The van der Waals surface area contributed by atoms with Crippen molar-refractivity contribution in [3.8, 4) is 0 Å². The van der Waals surface area contributed by atoms with Crippen molar-refractivity contribution in [2.75, 3.05) is 19.7 Å². The number of ether oxygens (including phenoxy) is 1. The van der Waals surface area contributed by atoms with E-state index in [4.69, 9.17) is 4.74 Å². The van der Waals surface area contributed by atoms with E-state index in [0.29, 0.717) is 31.0 Å². The minimum atomic E-state index is -0.282. The zero-order chi connectivity index (χ0) is 15.5. The summed E-state index contributed by atoms with van der Waals surface area (Å²) in [5, 5.41) is 3.99. The van der Waals surface area contributed by atoms with Crippen molar-refractivity contribution in [3.05, 3.63) is 46.2 Å². The molecule has 1 saturated heterocycles. The Kier molecular flexibility index (Phi) is 4.44. The maximum absolute atomic E-state index is 13.0. The second-order valence-electron chi connectivity index (χ2n) is 5.06. The topological polar surface area (TPSA) is 55.3 Å². The van der Waals surface area contributed by atoms with Crippen LogP contribution in [-0.2, 0) is 11.2 Å². The summed E-state index contributed by atoms with van der Waals surface area (Å²) in [6.45, 7) is 3.40. The van der Waals surface area contributed by atoms with Crippen LogP contribution in [0.5, 0.6) is 0 Å². The highest BCUT2D eigenvalue weighted by Gasteiger charge is 2.28. The van der Waals surface area contributed by atoms with Crippen molar-refractivity contribution in [1.29, 1.82) is 0 Å². The molecule has 1 atom stereocenters. The van der Waals surface area contributed by atoms with Crippen LogP contribution in [0.15, 0.2) is 24.3 Å². The van der Waals surface area contributed by atoms with Gasteiger partial charge in [0.2, 0.25) is 0 Å². The first-order chi connectivity index (χ1) is 10.7. The van der Waals surface area contributed by atoms with Gasteiger partial charge in [-0.05, 0) is 35.6 Å². The molecule has 0 bridgehead atoms. The average Bonchev–Trinajstić information content (AvgIpc) is 3.03. The Morgan fingerprint density at radius 3 is 2.95 bits per heavy atom. The van der Waals surface area contributed by atoms with Crippen LogP contribution in [0.3, 0.4) is 0 Å². The molecule has 0 aliphatic carbocycles. The summed E-state index contributed by atoms with van der Waals surface area (Å²) in [5.74, 6) is -0.335. The lowest BCUT2D eigenvalue weighted by atomic mass is 10.1. The Hall–Kier alpha value is -1.86. The maximum atomic E-state index is 13.0. The van der Waals surface area contributed by atoms with Crippen molar-refractivity contribution < 1.29 is 13.9 Å². The largest absolute Gasteiger partial charge is 0.370 e. The molecule has 0 spiro atoms. The summed E-state index contributed by atoms with van der Waals surface area (Å²) in [4.78, 5) is 15.0. The van der Waals surface area contributed by atoms with Gasteiger partial charge in [-0.25, -0.2) is 4.39 Å². The lowest BCUT2D eigenvalue weighted by Gasteiger charge is -2.33. The Morgan fingerprint density at radius 2 is 2.23 bits per heavy atom. The number of benzene rings is 1. The molecule has 2 aromatic rings. The van der Waals surface area contributed by atoms with Crippen LogP contribution in [-0.4, -0.2) is 40.1 Å². The number of morpholine rings is 1. The van der Waals surface area contributed by atoms with Crippen molar-refractivity contribution in [1.82, 2.24) is 14.5 Å². The maximum Gasteiger partial charge on any atom is 0.267 e. The van der Waals surface area contributed by atoms with Gasteiger partial charge < -0.3 is 9.64 Å². The molecule has 1 amide bonds. The monoisotopic (exact) mass is 321 g/mol. The number of aromatic nitrogens is 2. The molecule has 5 nitrogen and oxygen atoms in total. The minimum absolute atomic E-state index is 0.0535. The number of hydrogen-bond acceptors (Lipinski definition) is 5. The average molecular weight is 321 g/mol. The van der Waals surface area contributed by atoms with Crippen molar-refractivity contribution >= 4 is 17.4 Å². The third-order valence-corrected chi connectivity index (χ3v) is 4.44. The number of halogens is 1. The van der Waals surface area contributed by atoms with Gasteiger partial charge >= 0.3 is 0 Å². The van der Waals surface area contributed by atoms with Crippen LogP contribution in [0, 0.1) is 5.82 Å². The summed E-state index contributed by atoms with van der Waals surface area (Å²) in [6, 6.07) is 6.20. The molecule has 0 radical (unpaired) electrons. The van der Waals surface area contributed by atoms with E-state index in [1.165, 1.54) is 12.1 Å². The molecule has 1 aliphatic heterocycles. The third kappa shape index (κ3) is 3.00. The second-order valence-corrected chi connectivity index (χ2v) is 5.82. The van der Waals surface area contributed by atoms with Crippen molar-refractivity contribution in [2.24, 2.45) is 0 Å². The molecule has 0 unspecified atom stereocenters. The van der Waals surface area contributed by atoms with Crippen LogP contribution < -0.4 is 0 Å². The van der Waals surface area contributed by atoms with Crippen LogP contribution in [0.1, 0.15) is 34.0 Å². The summed E-state index contributed by atoms with van der Waals surface area (Å²) in [6.07, 6.45) is 0.452. The Balaban J connectivity index is 1.75. The summed E-state index contributed by atoms with van der Waals surface area (Å²) >= 11 is 1.13. The standard InChI is InChI=1S/C15H16FN3O2S/c1-2-12-14(22-18-17-12)15(20)19-7-8-21-13(9-19)10-3-5-11(16)6-4-10/h3-6,13H,2,7-9H2,1H3/t13-/m0/s1. The van der Waals surface area contributed by atoms with Gasteiger partial charge in [0.15, 0.2) is 0 Å². The zero-order valence-corrected chi connectivity index (χ0v) is 13.0. The molecule has 0 N–H and O–H groups in total. The molecule has 22 heavy (non-hydrogen) atoms. The Bertz CT molecular complexity index is 659. The number of carbonyl (C=O) groups excluding carboxylic acids is 1. The molecule has 3 rings (SSSR count). The van der Waals surface area contributed by atoms with Gasteiger partial charge in [0, 0.05) is 6.54 Å². The number of aryl methyl sites for hydroxylation is 1. The van der Waals surface area contributed by atoms with Crippen LogP contribution in [0.25, 0.3) is 0 Å². The van der Waals surface area contributed by atoms with Crippen LogP contribution >= 0.6 is 11.5 Å². The molecule has 1 fully saturated rings. The lowest BCUT2D eigenvalue weighted by Crippen LogP contribution is -2.42. The van der Waals surface area contributed by atoms with E-state index < -0.39 is 0 Å². The highest BCUT2D eigenvalue weighted by atomic mass is 32.1. The van der Waals surface area contributed by atoms with Crippen molar-refractivity contribution in [3.63, 3.8) is 0 Å². The van der Waals surface area contributed by atoms with Gasteiger partial charge in [0.25, 0.3) is 5.91 Å². The quantitative estimate of drug-likeness (QED) is 0.871. The lowest BCUT2D eigenvalue weighted by molar-refractivity contribution is -0.0227. The fourth-order valence-corrected chi connectivity index (χ4v) is 3.18. The second kappa shape index (κ2) is 6.50. The SMILES string of the molecule is CCc1nnsc1C(=O)N1CCO[C@H](c2ccc(F)cc2)C1. The highest BCUT2D eigenvalue weighted by molar-refractivity contribution is 7.08. The molecular formula is C15H16FN3O2S. The fraction of sp³-hybridized carbons (Fsp3) is 0.400. The highest BCUT2D eigenvalue weighted by Crippen LogP contribution is 2.24. The molecular weight excluding hydrogens is 305 g/mol.